The zero-order valence-corrected chi connectivity index (χ0v) is 13.0. The van der Waals surface area contributed by atoms with Crippen LogP contribution in [0.25, 0.3) is 11.1 Å². The van der Waals surface area contributed by atoms with Crippen LogP contribution < -0.4 is 5.32 Å². The van der Waals surface area contributed by atoms with Crippen molar-refractivity contribution in [3.05, 3.63) is 50.5 Å². The van der Waals surface area contributed by atoms with Gasteiger partial charge < -0.3 is 9.73 Å². The maximum atomic E-state index is 6.21. The number of rotatable bonds is 4. The van der Waals surface area contributed by atoms with Crippen LogP contribution in [-0.4, -0.2) is 12.0 Å². The normalized spacial score (nSPS) is 12.9. The van der Waals surface area contributed by atoms with E-state index in [1.54, 1.807) is 0 Å². The lowest BCUT2D eigenvalue weighted by Crippen LogP contribution is -2.18. The van der Waals surface area contributed by atoms with Crippen LogP contribution in [-0.2, 0) is 6.42 Å². The highest BCUT2D eigenvalue weighted by molar-refractivity contribution is 7.20. The first-order valence-corrected chi connectivity index (χ1v) is 7.71. The Morgan fingerprint density at radius 2 is 2.15 bits per heavy atom. The molecule has 0 aliphatic carbocycles. The van der Waals surface area contributed by atoms with Crippen molar-refractivity contribution in [3.8, 4) is 0 Å². The summed E-state index contributed by atoms with van der Waals surface area (Å²) in [7, 11) is 1.88. The van der Waals surface area contributed by atoms with E-state index in [-0.39, 0.29) is 6.04 Å². The number of hydrogen-bond donors (Lipinski definition) is 1. The Morgan fingerprint density at radius 1 is 1.35 bits per heavy atom. The van der Waals surface area contributed by atoms with Gasteiger partial charge in [-0.3, -0.25) is 0 Å². The monoisotopic (exact) mass is 326 g/mol. The molecule has 0 saturated heterocycles. The number of nitrogens with one attached hydrogen (secondary N) is 1. The van der Waals surface area contributed by atoms with Crippen molar-refractivity contribution >= 4 is 45.6 Å². The van der Waals surface area contributed by atoms with E-state index in [4.69, 9.17) is 27.6 Å². The quantitative estimate of drug-likeness (QED) is 0.755. The number of halogens is 2. The second-order valence-electron chi connectivity index (χ2n) is 4.40. The summed E-state index contributed by atoms with van der Waals surface area (Å²) in [4.78, 5) is 4.48. The first-order chi connectivity index (χ1) is 9.67. The Morgan fingerprint density at radius 3 is 2.80 bits per heavy atom. The molecule has 0 bridgehead atoms. The molecule has 2 aromatic heterocycles. The Kier molecular flexibility index (Phi) is 3.98. The molecule has 0 spiro atoms. The van der Waals surface area contributed by atoms with Crippen LogP contribution in [0.5, 0.6) is 0 Å². The molecule has 0 radical (unpaired) electrons. The molecule has 1 atom stereocenters. The van der Waals surface area contributed by atoms with E-state index >= 15 is 0 Å². The van der Waals surface area contributed by atoms with Gasteiger partial charge in [0.05, 0.1) is 8.67 Å². The van der Waals surface area contributed by atoms with Gasteiger partial charge in [-0.25, -0.2) is 4.98 Å². The standard InChI is InChI=1S/C14H12Cl2N2OS/c1-17-10(8-6-12(15)20-14(8)16)7-13-18-9-4-2-3-5-11(9)19-13/h2-6,10,17H,7H2,1H3. The fraction of sp³-hybridized carbons (Fsp3) is 0.214. The van der Waals surface area contributed by atoms with Gasteiger partial charge in [-0.15, -0.1) is 11.3 Å². The topological polar surface area (TPSA) is 38.1 Å². The minimum atomic E-state index is 0.0271. The van der Waals surface area contributed by atoms with E-state index < -0.39 is 0 Å². The van der Waals surface area contributed by atoms with Crippen molar-refractivity contribution in [1.29, 1.82) is 0 Å². The van der Waals surface area contributed by atoms with E-state index in [0.29, 0.717) is 21.0 Å². The number of benzene rings is 1. The van der Waals surface area contributed by atoms with Crippen LogP contribution in [0.1, 0.15) is 17.5 Å². The van der Waals surface area contributed by atoms with Crippen molar-refractivity contribution in [1.82, 2.24) is 10.3 Å². The fourth-order valence-corrected chi connectivity index (χ4v) is 3.72. The first-order valence-electron chi connectivity index (χ1n) is 6.14. The number of oxazole rings is 1. The summed E-state index contributed by atoms with van der Waals surface area (Å²) in [6, 6.07) is 9.64. The summed E-state index contributed by atoms with van der Waals surface area (Å²) in [5.74, 6) is 0.684. The van der Waals surface area contributed by atoms with Crippen LogP contribution in [0, 0.1) is 0 Å². The maximum absolute atomic E-state index is 6.21. The first kappa shape index (κ1) is 13.9. The number of hydrogen-bond acceptors (Lipinski definition) is 4. The van der Waals surface area contributed by atoms with Gasteiger partial charge in [0, 0.05) is 18.0 Å². The number of thiophene rings is 1. The molecule has 3 rings (SSSR count). The van der Waals surface area contributed by atoms with Gasteiger partial charge in [-0.1, -0.05) is 35.3 Å². The van der Waals surface area contributed by atoms with Gasteiger partial charge in [0.25, 0.3) is 0 Å². The molecule has 0 saturated carbocycles. The lowest BCUT2D eigenvalue weighted by Gasteiger charge is -2.13. The van der Waals surface area contributed by atoms with Gasteiger partial charge >= 0.3 is 0 Å². The molecule has 1 aromatic carbocycles. The van der Waals surface area contributed by atoms with Gasteiger partial charge in [0.15, 0.2) is 11.5 Å². The second-order valence-corrected chi connectivity index (χ2v) is 6.69. The smallest absolute Gasteiger partial charge is 0.197 e. The highest BCUT2D eigenvalue weighted by Crippen LogP contribution is 2.36. The zero-order chi connectivity index (χ0) is 14.1. The highest BCUT2D eigenvalue weighted by Gasteiger charge is 2.19. The van der Waals surface area contributed by atoms with E-state index in [0.717, 1.165) is 16.7 Å². The molecule has 0 aliphatic rings. The molecule has 2 heterocycles. The summed E-state index contributed by atoms with van der Waals surface area (Å²) >= 11 is 13.6. The molecule has 6 heteroatoms. The van der Waals surface area contributed by atoms with Gasteiger partial charge in [0.1, 0.15) is 5.52 Å². The lowest BCUT2D eigenvalue weighted by atomic mass is 10.1. The molecule has 20 heavy (non-hydrogen) atoms. The van der Waals surface area contributed by atoms with E-state index in [9.17, 15) is 0 Å². The summed E-state index contributed by atoms with van der Waals surface area (Å²) in [5.41, 5.74) is 2.64. The molecule has 3 nitrogen and oxygen atoms in total. The van der Waals surface area contributed by atoms with Crippen molar-refractivity contribution in [2.45, 2.75) is 12.5 Å². The zero-order valence-electron chi connectivity index (χ0n) is 10.7. The number of likely N-dealkylation sites (N-methyl/N-ethyl adjacent to an activating group) is 1. The molecule has 0 fully saturated rings. The Balaban J connectivity index is 1.89. The van der Waals surface area contributed by atoms with Gasteiger partial charge in [0.2, 0.25) is 0 Å². The van der Waals surface area contributed by atoms with Crippen molar-refractivity contribution in [3.63, 3.8) is 0 Å². The van der Waals surface area contributed by atoms with Crippen LogP contribution in [0.15, 0.2) is 34.7 Å². The molecule has 0 aliphatic heterocycles. The Hall–Kier alpha value is -1.07. The van der Waals surface area contributed by atoms with Crippen LogP contribution in [0.2, 0.25) is 8.67 Å². The Bertz CT molecular complexity index is 705. The third-order valence-corrected chi connectivity index (χ3v) is 4.64. The molecular weight excluding hydrogens is 315 g/mol. The average Bonchev–Trinajstić information content (AvgIpc) is 2.98. The van der Waals surface area contributed by atoms with E-state index in [1.165, 1.54) is 11.3 Å². The molecule has 3 aromatic rings. The largest absolute Gasteiger partial charge is 0.441 e. The van der Waals surface area contributed by atoms with Gasteiger partial charge in [-0.2, -0.15) is 0 Å². The number of aromatic nitrogens is 1. The van der Waals surface area contributed by atoms with Crippen LogP contribution in [0.3, 0.4) is 0 Å². The van der Waals surface area contributed by atoms with E-state index in [2.05, 4.69) is 10.3 Å². The van der Waals surface area contributed by atoms with Crippen molar-refractivity contribution in [2.24, 2.45) is 0 Å². The third-order valence-electron chi connectivity index (χ3n) is 3.12. The number of nitrogens with zero attached hydrogens (tertiary/aromatic N) is 1. The molecular formula is C14H12Cl2N2OS. The maximum Gasteiger partial charge on any atom is 0.197 e. The summed E-state index contributed by atoms with van der Waals surface area (Å²) in [5, 5.41) is 3.23. The van der Waals surface area contributed by atoms with Gasteiger partial charge in [-0.05, 0) is 25.2 Å². The van der Waals surface area contributed by atoms with Crippen molar-refractivity contribution in [2.75, 3.05) is 7.05 Å². The minimum Gasteiger partial charge on any atom is -0.441 e. The predicted molar refractivity (Wildman–Crippen MR) is 83.9 cm³/mol. The molecule has 1 N–H and O–H groups in total. The molecule has 104 valence electrons. The lowest BCUT2D eigenvalue weighted by molar-refractivity contribution is 0.474. The summed E-state index contributed by atoms with van der Waals surface area (Å²) < 4.78 is 7.13. The Labute approximate surface area is 130 Å². The minimum absolute atomic E-state index is 0.0271. The number of fused-ring (bicyclic) bond motifs is 1. The van der Waals surface area contributed by atoms with Crippen LogP contribution >= 0.6 is 34.5 Å². The number of para-hydroxylation sites is 2. The molecule has 1 unspecified atom stereocenters. The van der Waals surface area contributed by atoms with Crippen LogP contribution in [0.4, 0.5) is 0 Å². The highest BCUT2D eigenvalue weighted by atomic mass is 35.5. The van der Waals surface area contributed by atoms with E-state index in [1.807, 2.05) is 37.4 Å². The molecule has 0 amide bonds. The second kappa shape index (κ2) is 5.74. The average molecular weight is 327 g/mol. The predicted octanol–water partition coefficient (Wildman–Crippen LogP) is 4.70. The fourth-order valence-electron chi connectivity index (χ4n) is 2.14. The third kappa shape index (κ3) is 2.69. The summed E-state index contributed by atoms with van der Waals surface area (Å²) in [6.07, 6.45) is 0.623. The van der Waals surface area contributed by atoms with Crippen molar-refractivity contribution < 1.29 is 4.42 Å². The summed E-state index contributed by atoms with van der Waals surface area (Å²) in [6.45, 7) is 0. The SMILES string of the molecule is CNC(Cc1nc2ccccc2o1)c1cc(Cl)sc1Cl.